The van der Waals surface area contributed by atoms with Crippen molar-refractivity contribution in [3.63, 3.8) is 0 Å². The van der Waals surface area contributed by atoms with Crippen LogP contribution in [0.2, 0.25) is 0 Å². The van der Waals surface area contributed by atoms with Gasteiger partial charge < -0.3 is 15.3 Å². The summed E-state index contributed by atoms with van der Waals surface area (Å²) in [4.78, 5) is 0. The van der Waals surface area contributed by atoms with Gasteiger partial charge in [-0.25, -0.2) is 0 Å². The van der Waals surface area contributed by atoms with Gasteiger partial charge in [-0.2, -0.15) is 0 Å². The van der Waals surface area contributed by atoms with Crippen LogP contribution in [-0.4, -0.2) is 34.1 Å². The summed E-state index contributed by atoms with van der Waals surface area (Å²) in [6.45, 7) is 5.37. The lowest BCUT2D eigenvalue weighted by molar-refractivity contribution is -0.0422. The van der Waals surface area contributed by atoms with Crippen molar-refractivity contribution in [2.75, 3.05) is 6.61 Å². The van der Waals surface area contributed by atoms with Crippen molar-refractivity contribution in [2.45, 2.75) is 39.4 Å². The first-order valence-corrected chi connectivity index (χ1v) is 4.31. The Bertz CT molecular complexity index is 179. The van der Waals surface area contributed by atoms with Crippen molar-refractivity contribution in [1.29, 1.82) is 0 Å². The summed E-state index contributed by atoms with van der Waals surface area (Å²) in [6, 6.07) is 0. The molecule has 1 aliphatic rings. The fourth-order valence-corrected chi connectivity index (χ4v) is 2.05. The third-order valence-electron chi connectivity index (χ3n) is 3.24. The van der Waals surface area contributed by atoms with E-state index in [-0.39, 0.29) is 6.61 Å². The molecule has 72 valence electrons. The fourth-order valence-electron chi connectivity index (χ4n) is 2.05. The van der Waals surface area contributed by atoms with Gasteiger partial charge in [0.25, 0.3) is 0 Å². The molecule has 1 fully saturated rings. The van der Waals surface area contributed by atoms with Crippen LogP contribution >= 0.6 is 0 Å². The lowest BCUT2D eigenvalue weighted by Crippen LogP contribution is -2.39. The first-order valence-electron chi connectivity index (χ1n) is 4.31. The molecule has 3 unspecified atom stereocenters. The molecule has 1 aliphatic carbocycles. The van der Waals surface area contributed by atoms with Crippen LogP contribution in [0.3, 0.4) is 0 Å². The highest BCUT2D eigenvalue weighted by Crippen LogP contribution is 2.48. The third-order valence-corrected chi connectivity index (χ3v) is 3.24. The predicted molar refractivity (Wildman–Crippen MR) is 45.6 cm³/mol. The lowest BCUT2D eigenvalue weighted by atomic mass is 9.80. The second kappa shape index (κ2) is 2.69. The fraction of sp³-hybridized carbons (Fsp3) is 1.00. The van der Waals surface area contributed by atoms with E-state index in [9.17, 15) is 10.2 Å². The molecule has 3 atom stereocenters. The van der Waals surface area contributed by atoms with Crippen LogP contribution in [0.25, 0.3) is 0 Å². The molecular formula is C9H18O3. The minimum atomic E-state index is -0.634. The molecule has 0 amide bonds. The molecule has 0 saturated heterocycles. The molecule has 0 aromatic heterocycles. The van der Waals surface area contributed by atoms with Crippen LogP contribution in [0.15, 0.2) is 0 Å². The lowest BCUT2D eigenvalue weighted by Gasteiger charge is -2.32. The molecule has 0 aliphatic heterocycles. The van der Waals surface area contributed by atoms with Gasteiger partial charge in [-0.3, -0.25) is 0 Å². The molecule has 0 radical (unpaired) electrons. The molecule has 0 heterocycles. The highest BCUT2D eigenvalue weighted by Gasteiger charge is 2.54. The molecule has 0 aromatic carbocycles. The van der Waals surface area contributed by atoms with E-state index in [1.165, 1.54) is 0 Å². The molecule has 1 rings (SSSR count). The quantitative estimate of drug-likeness (QED) is 0.530. The Morgan fingerprint density at radius 3 is 1.92 bits per heavy atom. The summed E-state index contributed by atoms with van der Waals surface area (Å²) in [7, 11) is 0. The van der Waals surface area contributed by atoms with Crippen molar-refractivity contribution in [3.05, 3.63) is 0 Å². The van der Waals surface area contributed by atoms with Crippen molar-refractivity contribution >= 4 is 0 Å². The average Bonchev–Trinajstić information content (AvgIpc) is 2.14. The van der Waals surface area contributed by atoms with Crippen molar-refractivity contribution in [3.8, 4) is 0 Å². The summed E-state index contributed by atoms with van der Waals surface area (Å²) in [6.07, 6.45) is -0.688. The van der Waals surface area contributed by atoms with Gasteiger partial charge in [0.2, 0.25) is 0 Å². The number of rotatable bonds is 1. The van der Waals surface area contributed by atoms with Crippen LogP contribution in [0.5, 0.6) is 0 Å². The van der Waals surface area contributed by atoms with Gasteiger partial charge in [0.1, 0.15) is 0 Å². The van der Waals surface area contributed by atoms with Gasteiger partial charge in [0.15, 0.2) is 0 Å². The summed E-state index contributed by atoms with van der Waals surface area (Å²) in [5.74, 6) is 0. The Balaban J connectivity index is 2.90. The monoisotopic (exact) mass is 174 g/mol. The number of aliphatic hydroxyl groups is 3. The second-order valence-electron chi connectivity index (χ2n) is 4.76. The Morgan fingerprint density at radius 1 is 1.25 bits per heavy atom. The number of aliphatic hydroxyl groups excluding tert-OH is 3. The SMILES string of the molecule is CC1(CO)CC(O)C(C)(C)C1O. The molecule has 1 saturated carbocycles. The standard InChI is InChI=1S/C9H18O3/c1-8(2)6(11)4-9(3,5-10)7(8)12/h6-7,10-12H,4-5H2,1-3H3. The maximum Gasteiger partial charge on any atom is 0.0692 e. The molecule has 3 heteroatoms. The number of hydrogen-bond acceptors (Lipinski definition) is 3. The predicted octanol–water partition coefficient (Wildman–Crippen LogP) is 0.137. The Morgan fingerprint density at radius 2 is 1.75 bits per heavy atom. The smallest absolute Gasteiger partial charge is 0.0692 e. The van der Waals surface area contributed by atoms with Gasteiger partial charge >= 0.3 is 0 Å². The van der Waals surface area contributed by atoms with E-state index < -0.39 is 23.0 Å². The van der Waals surface area contributed by atoms with Crippen molar-refractivity contribution in [1.82, 2.24) is 0 Å². The maximum absolute atomic E-state index is 9.83. The first kappa shape index (κ1) is 9.96. The molecular weight excluding hydrogens is 156 g/mol. The van der Waals surface area contributed by atoms with Crippen LogP contribution in [0, 0.1) is 10.8 Å². The summed E-state index contributed by atoms with van der Waals surface area (Å²) in [5.41, 5.74) is -1.04. The maximum atomic E-state index is 9.83. The third kappa shape index (κ3) is 1.16. The van der Waals surface area contributed by atoms with Gasteiger partial charge in [0, 0.05) is 10.8 Å². The van der Waals surface area contributed by atoms with Crippen molar-refractivity contribution in [2.24, 2.45) is 10.8 Å². The van der Waals surface area contributed by atoms with E-state index in [4.69, 9.17) is 5.11 Å². The van der Waals surface area contributed by atoms with Crippen molar-refractivity contribution < 1.29 is 15.3 Å². The Hall–Kier alpha value is -0.120. The minimum absolute atomic E-state index is 0.0747. The molecule has 0 aromatic rings. The van der Waals surface area contributed by atoms with Gasteiger partial charge in [-0.15, -0.1) is 0 Å². The molecule has 3 N–H and O–H groups in total. The molecule has 0 bridgehead atoms. The van der Waals surface area contributed by atoms with E-state index in [2.05, 4.69) is 0 Å². The van der Waals surface area contributed by atoms with Gasteiger partial charge in [0.05, 0.1) is 18.8 Å². The minimum Gasteiger partial charge on any atom is -0.396 e. The normalized spacial score (nSPS) is 46.5. The highest BCUT2D eigenvalue weighted by atomic mass is 16.3. The van der Waals surface area contributed by atoms with Gasteiger partial charge in [-0.1, -0.05) is 20.8 Å². The van der Waals surface area contributed by atoms with E-state index in [1.807, 2.05) is 13.8 Å². The van der Waals surface area contributed by atoms with Crippen LogP contribution < -0.4 is 0 Å². The zero-order valence-corrected chi connectivity index (χ0v) is 7.91. The van der Waals surface area contributed by atoms with E-state index in [1.54, 1.807) is 6.92 Å². The van der Waals surface area contributed by atoms with Crippen LogP contribution in [0.4, 0.5) is 0 Å². The average molecular weight is 174 g/mol. The van der Waals surface area contributed by atoms with E-state index in [0.717, 1.165) is 0 Å². The van der Waals surface area contributed by atoms with E-state index >= 15 is 0 Å². The van der Waals surface area contributed by atoms with E-state index in [0.29, 0.717) is 6.42 Å². The number of hydrogen-bond donors (Lipinski definition) is 3. The second-order valence-corrected chi connectivity index (χ2v) is 4.76. The first-order chi connectivity index (χ1) is 5.34. The largest absolute Gasteiger partial charge is 0.396 e. The summed E-state index contributed by atoms with van der Waals surface area (Å²) >= 11 is 0. The van der Waals surface area contributed by atoms with Crippen LogP contribution in [-0.2, 0) is 0 Å². The summed E-state index contributed by atoms with van der Waals surface area (Å²) < 4.78 is 0. The zero-order chi connectivity index (χ0) is 9.57. The van der Waals surface area contributed by atoms with Crippen LogP contribution in [0.1, 0.15) is 27.2 Å². The molecule has 0 spiro atoms. The zero-order valence-electron chi connectivity index (χ0n) is 7.91. The Labute approximate surface area is 73.0 Å². The topological polar surface area (TPSA) is 60.7 Å². The van der Waals surface area contributed by atoms with Gasteiger partial charge in [-0.05, 0) is 6.42 Å². The molecule has 12 heavy (non-hydrogen) atoms. The summed E-state index contributed by atoms with van der Waals surface area (Å²) in [5, 5.41) is 28.5. The highest BCUT2D eigenvalue weighted by molar-refractivity contribution is 5.03. The Kier molecular flexibility index (Phi) is 2.23. The molecule has 3 nitrogen and oxygen atoms in total.